The first-order valence-corrected chi connectivity index (χ1v) is 9.73. The van der Waals surface area contributed by atoms with Gasteiger partial charge < -0.3 is 16.4 Å². The van der Waals surface area contributed by atoms with Crippen LogP contribution in [-0.2, 0) is 17.6 Å². The van der Waals surface area contributed by atoms with Crippen molar-refractivity contribution in [2.45, 2.75) is 26.7 Å². The van der Waals surface area contributed by atoms with E-state index in [1.807, 2.05) is 30.3 Å². The highest BCUT2D eigenvalue weighted by atomic mass is 16.1. The summed E-state index contributed by atoms with van der Waals surface area (Å²) in [6.07, 6.45) is 4.07. The van der Waals surface area contributed by atoms with Gasteiger partial charge in [-0.1, -0.05) is 30.3 Å². The monoisotopic (exact) mass is 406 g/mol. The number of likely N-dealkylation sites (N-methyl/N-ethyl adjacent to an activating group) is 1. The predicted octanol–water partition coefficient (Wildman–Crippen LogP) is 1.77. The molecule has 8 heteroatoms. The van der Waals surface area contributed by atoms with Crippen molar-refractivity contribution in [3.63, 3.8) is 0 Å². The van der Waals surface area contributed by atoms with E-state index in [4.69, 9.17) is 5.73 Å². The molecule has 0 bridgehead atoms. The molecule has 0 fully saturated rings. The van der Waals surface area contributed by atoms with Crippen LogP contribution in [0.15, 0.2) is 47.5 Å². The van der Waals surface area contributed by atoms with Crippen molar-refractivity contribution in [1.29, 1.82) is 0 Å². The average Bonchev–Trinajstić information content (AvgIpc) is 2.75. The van der Waals surface area contributed by atoms with Gasteiger partial charge in [-0.15, -0.1) is 0 Å². The number of carbonyl (C=O) groups excluding carboxylic acids is 1. The van der Waals surface area contributed by atoms with Crippen molar-refractivity contribution in [2.24, 2.45) is 0 Å². The van der Waals surface area contributed by atoms with E-state index in [0.717, 1.165) is 6.42 Å². The first kappa shape index (κ1) is 21.0. The number of rotatable bonds is 7. The van der Waals surface area contributed by atoms with E-state index in [9.17, 15) is 9.59 Å². The minimum atomic E-state index is -0.294. The maximum Gasteiger partial charge on any atom is 0.299 e. The number of hydrogen-bond acceptors (Lipinski definition) is 6. The molecule has 1 amide bonds. The Morgan fingerprint density at radius 3 is 2.57 bits per heavy atom. The molecule has 8 nitrogen and oxygen atoms in total. The second-order valence-electron chi connectivity index (χ2n) is 7.05. The van der Waals surface area contributed by atoms with Crippen LogP contribution in [0.3, 0.4) is 0 Å². The van der Waals surface area contributed by atoms with Crippen LogP contribution >= 0.6 is 0 Å². The van der Waals surface area contributed by atoms with Crippen molar-refractivity contribution < 1.29 is 4.79 Å². The molecule has 0 atom stereocenters. The third-order valence-electron chi connectivity index (χ3n) is 4.96. The van der Waals surface area contributed by atoms with Crippen LogP contribution in [0.4, 0.5) is 11.5 Å². The van der Waals surface area contributed by atoms with Crippen LogP contribution in [0.25, 0.3) is 5.82 Å². The number of aromatic nitrogens is 3. The molecule has 2 aromatic heterocycles. The van der Waals surface area contributed by atoms with Crippen molar-refractivity contribution >= 4 is 17.4 Å². The van der Waals surface area contributed by atoms with Crippen molar-refractivity contribution in [3.05, 3.63) is 75.5 Å². The van der Waals surface area contributed by atoms with Gasteiger partial charge in [0.2, 0.25) is 5.91 Å². The average molecular weight is 406 g/mol. The van der Waals surface area contributed by atoms with E-state index in [1.54, 1.807) is 33.3 Å². The second-order valence-corrected chi connectivity index (χ2v) is 7.05. The Hall–Kier alpha value is -3.68. The summed E-state index contributed by atoms with van der Waals surface area (Å²) in [6, 6.07) is 10.0. The molecule has 2 heterocycles. The van der Waals surface area contributed by atoms with E-state index < -0.39 is 0 Å². The second kappa shape index (κ2) is 9.21. The third-order valence-corrected chi connectivity index (χ3v) is 4.96. The molecule has 3 rings (SSSR count). The summed E-state index contributed by atoms with van der Waals surface area (Å²) < 4.78 is 1.49. The quantitative estimate of drug-likeness (QED) is 0.551. The zero-order valence-corrected chi connectivity index (χ0v) is 17.4. The van der Waals surface area contributed by atoms with Crippen LogP contribution in [0.2, 0.25) is 0 Å². The van der Waals surface area contributed by atoms with Crippen molar-refractivity contribution in [3.8, 4) is 5.82 Å². The number of nitrogens with two attached hydrogens (primary N) is 1. The van der Waals surface area contributed by atoms with E-state index in [-0.39, 0.29) is 23.7 Å². The summed E-state index contributed by atoms with van der Waals surface area (Å²) in [6.45, 7) is 4.16. The molecule has 0 aliphatic heterocycles. The molecule has 1 aromatic carbocycles. The molecule has 0 aliphatic carbocycles. The summed E-state index contributed by atoms with van der Waals surface area (Å²) >= 11 is 0. The molecule has 0 aliphatic rings. The fraction of sp³-hybridized carbons (Fsp3) is 0.273. The first-order valence-electron chi connectivity index (χ1n) is 9.73. The Labute approximate surface area is 175 Å². The standard InChI is InChI=1S/C22H26N6O2/c1-14-12-26-20(25-10-9-16-7-5-4-6-8-16)22(30)28(14)21-15(2)19(23)17(13-27-21)11-18(29)24-3/h4-8,12-13H,9-11H2,1-3H3,(H2,23,27)(H,24,29)(H,25,26). The highest BCUT2D eigenvalue weighted by Crippen LogP contribution is 2.22. The summed E-state index contributed by atoms with van der Waals surface area (Å²) in [7, 11) is 1.57. The topological polar surface area (TPSA) is 115 Å². The SMILES string of the molecule is CNC(=O)Cc1cnc(-n2c(C)cnc(NCCc3ccccc3)c2=O)c(C)c1N. The number of pyridine rings is 1. The number of aryl methyl sites for hydroxylation is 1. The van der Waals surface area contributed by atoms with Crippen LogP contribution in [0.1, 0.15) is 22.4 Å². The largest absolute Gasteiger partial charge is 0.398 e. The lowest BCUT2D eigenvalue weighted by Crippen LogP contribution is -2.28. The summed E-state index contributed by atoms with van der Waals surface area (Å²) in [5.74, 6) is 0.535. The lowest BCUT2D eigenvalue weighted by Gasteiger charge is -2.16. The van der Waals surface area contributed by atoms with Gasteiger partial charge in [0.25, 0.3) is 5.56 Å². The molecule has 156 valence electrons. The molecule has 0 saturated heterocycles. The number of hydrogen-bond donors (Lipinski definition) is 3. The number of carbonyl (C=O) groups is 1. The van der Waals surface area contributed by atoms with Crippen LogP contribution < -0.4 is 21.9 Å². The van der Waals surface area contributed by atoms with E-state index in [0.29, 0.717) is 34.9 Å². The molecular formula is C22H26N6O2. The van der Waals surface area contributed by atoms with Gasteiger partial charge in [0.15, 0.2) is 5.82 Å². The Kier molecular flexibility index (Phi) is 6.46. The summed E-state index contributed by atoms with van der Waals surface area (Å²) in [5.41, 5.74) is 9.48. The molecule has 0 spiro atoms. The molecule has 0 unspecified atom stereocenters. The normalized spacial score (nSPS) is 10.6. The fourth-order valence-corrected chi connectivity index (χ4v) is 3.19. The van der Waals surface area contributed by atoms with Gasteiger partial charge in [0, 0.05) is 48.5 Å². The van der Waals surface area contributed by atoms with Gasteiger partial charge in [-0.2, -0.15) is 0 Å². The zero-order valence-electron chi connectivity index (χ0n) is 17.4. The van der Waals surface area contributed by atoms with Crippen LogP contribution in [0.5, 0.6) is 0 Å². The van der Waals surface area contributed by atoms with Gasteiger partial charge in [-0.3, -0.25) is 14.2 Å². The number of nitrogens with one attached hydrogen (secondary N) is 2. The van der Waals surface area contributed by atoms with Crippen molar-refractivity contribution in [2.75, 3.05) is 24.6 Å². The molecule has 4 N–H and O–H groups in total. The third kappa shape index (κ3) is 4.48. The summed E-state index contributed by atoms with van der Waals surface area (Å²) in [4.78, 5) is 33.5. The maximum atomic E-state index is 13.1. The zero-order chi connectivity index (χ0) is 21.7. The Morgan fingerprint density at radius 1 is 1.13 bits per heavy atom. The van der Waals surface area contributed by atoms with Gasteiger partial charge in [0.1, 0.15) is 5.82 Å². The number of nitrogen functional groups attached to an aromatic ring is 1. The van der Waals surface area contributed by atoms with Gasteiger partial charge >= 0.3 is 0 Å². The lowest BCUT2D eigenvalue weighted by molar-refractivity contribution is -0.119. The van der Waals surface area contributed by atoms with Gasteiger partial charge in [-0.05, 0) is 25.8 Å². The number of amides is 1. The molecule has 0 saturated carbocycles. The predicted molar refractivity (Wildman–Crippen MR) is 118 cm³/mol. The van der Waals surface area contributed by atoms with Gasteiger partial charge in [-0.25, -0.2) is 9.97 Å². The Morgan fingerprint density at radius 2 is 1.87 bits per heavy atom. The number of anilines is 2. The van der Waals surface area contributed by atoms with E-state index in [2.05, 4.69) is 20.6 Å². The van der Waals surface area contributed by atoms with E-state index >= 15 is 0 Å². The van der Waals surface area contributed by atoms with Crippen LogP contribution in [-0.4, -0.2) is 34.0 Å². The molecule has 0 radical (unpaired) electrons. The Bertz CT molecular complexity index is 1110. The maximum absolute atomic E-state index is 13.1. The fourth-order valence-electron chi connectivity index (χ4n) is 3.19. The molecule has 3 aromatic rings. The minimum absolute atomic E-state index is 0.132. The minimum Gasteiger partial charge on any atom is -0.398 e. The highest BCUT2D eigenvalue weighted by Gasteiger charge is 2.17. The molecular weight excluding hydrogens is 380 g/mol. The highest BCUT2D eigenvalue weighted by molar-refractivity contribution is 5.80. The van der Waals surface area contributed by atoms with Gasteiger partial charge in [0.05, 0.1) is 6.42 Å². The lowest BCUT2D eigenvalue weighted by atomic mass is 10.1. The number of benzene rings is 1. The smallest absolute Gasteiger partial charge is 0.299 e. The van der Waals surface area contributed by atoms with Crippen LogP contribution in [0, 0.1) is 13.8 Å². The molecule has 30 heavy (non-hydrogen) atoms. The van der Waals surface area contributed by atoms with E-state index in [1.165, 1.54) is 10.1 Å². The Balaban J connectivity index is 1.89. The van der Waals surface area contributed by atoms with Crippen molar-refractivity contribution in [1.82, 2.24) is 19.9 Å². The first-order chi connectivity index (χ1) is 14.4. The number of nitrogens with zero attached hydrogens (tertiary/aromatic N) is 3. The summed E-state index contributed by atoms with van der Waals surface area (Å²) in [5, 5.41) is 5.69.